The van der Waals surface area contributed by atoms with Crippen molar-refractivity contribution in [3.8, 4) is 5.75 Å². The van der Waals surface area contributed by atoms with Crippen LogP contribution in [-0.4, -0.2) is 43.5 Å². The van der Waals surface area contributed by atoms with Gasteiger partial charge in [-0.05, 0) is 67.6 Å². The minimum atomic E-state index is 0.128. The number of ether oxygens (including phenoxy) is 1. The van der Waals surface area contributed by atoms with E-state index < -0.39 is 0 Å². The molecule has 1 aromatic rings. The maximum Gasteiger partial charge on any atom is 0.226 e. The molecule has 2 saturated carbocycles. The van der Waals surface area contributed by atoms with Gasteiger partial charge in [0, 0.05) is 32.0 Å². The van der Waals surface area contributed by atoms with Crippen LogP contribution in [0.5, 0.6) is 5.75 Å². The van der Waals surface area contributed by atoms with Crippen molar-refractivity contribution in [3.05, 3.63) is 29.8 Å². The number of methoxy groups -OCH3 is 1. The number of hydrogen-bond donors (Lipinski definition) is 1. The SMILES string of the molecule is COc1cccc(CCNC(=O)CC2CCN(C(=O)[C@H]3CC34CCC4)CC2)c1. The Bertz CT molecular complexity index is 720. The Kier molecular flexibility index (Phi) is 5.61. The summed E-state index contributed by atoms with van der Waals surface area (Å²) < 4.78 is 5.23. The predicted octanol–water partition coefficient (Wildman–Crippen LogP) is 3.17. The number of rotatable bonds is 7. The molecule has 0 radical (unpaired) electrons. The number of hydrogen-bond acceptors (Lipinski definition) is 3. The van der Waals surface area contributed by atoms with E-state index in [-0.39, 0.29) is 5.91 Å². The molecule has 28 heavy (non-hydrogen) atoms. The van der Waals surface area contributed by atoms with Gasteiger partial charge in [-0.25, -0.2) is 0 Å². The van der Waals surface area contributed by atoms with Crippen molar-refractivity contribution in [2.24, 2.45) is 17.3 Å². The highest BCUT2D eigenvalue weighted by Gasteiger charge is 2.61. The van der Waals surface area contributed by atoms with Gasteiger partial charge >= 0.3 is 0 Å². The van der Waals surface area contributed by atoms with E-state index in [0.717, 1.165) is 50.1 Å². The van der Waals surface area contributed by atoms with Gasteiger partial charge in [-0.1, -0.05) is 18.6 Å². The van der Waals surface area contributed by atoms with E-state index in [0.29, 0.717) is 36.1 Å². The monoisotopic (exact) mass is 384 g/mol. The highest BCUT2D eigenvalue weighted by atomic mass is 16.5. The summed E-state index contributed by atoms with van der Waals surface area (Å²) in [5.74, 6) is 2.08. The number of carbonyl (C=O) groups excluding carboxylic acids is 2. The normalized spacial score (nSPS) is 23.2. The zero-order valence-electron chi connectivity index (χ0n) is 16.9. The molecule has 1 aliphatic heterocycles. The first-order valence-electron chi connectivity index (χ1n) is 10.8. The largest absolute Gasteiger partial charge is 0.497 e. The van der Waals surface area contributed by atoms with E-state index in [1.807, 2.05) is 18.2 Å². The standard InChI is InChI=1S/C23H32N2O3/c1-28-19-5-2-4-17(14-19)6-11-24-21(26)15-18-7-12-25(13-8-18)22(27)20-16-23(20)9-3-10-23/h2,4-5,14,18,20H,3,6-13,15-16H2,1H3,(H,24,26)/t20-/m1/s1. The van der Waals surface area contributed by atoms with Crippen LogP contribution in [0.4, 0.5) is 0 Å². The summed E-state index contributed by atoms with van der Waals surface area (Å²) >= 11 is 0. The summed E-state index contributed by atoms with van der Waals surface area (Å²) in [6.07, 6.45) is 8.24. The van der Waals surface area contributed by atoms with E-state index in [2.05, 4.69) is 16.3 Å². The van der Waals surface area contributed by atoms with Crippen LogP contribution < -0.4 is 10.1 Å². The van der Waals surface area contributed by atoms with Crippen LogP contribution in [0.1, 0.15) is 50.5 Å². The molecule has 0 unspecified atom stereocenters. The Balaban J connectivity index is 1.13. The first-order valence-corrected chi connectivity index (χ1v) is 10.8. The van der Waals surface area contributed by atoms with E-state index in [1.165, 1.54) is 19.3 Å². The summed E-state index contributed by atoms with van der Waals surface area (Å²) in [5, 5.41) is 3.04. The van der Waals surface area contributed by atoms with Crippen molar-refractivity contribution in [1.29, 1.82) is 0 Å². The molecule has 0 bridgehead atoms. The molecule has 2 aliphatic carbocycles. The third-order valence-corrected chi connectivity index (χ3v) is 7.11. The maximum atomic E-state index is 12.7. The van der Waals surface area contributed by atoms with E-state index in [1.54, 1.807) is 7.11 Å². The van der Waals surface area contributed by atoms with Gasteiger partial charge in [-0.15, -0.1) is 0 Å². The van der Waals surface area contributed by atoms with Crippen LogP contribution in [0, 0.1) is 17.3 Å². The molecule has 3 aliphatic rings. The lowest BCUT2D eigenvalue weighted by atomic mass is 9.79. The molecule has 152 valence electrons. The fraction of sp³-hybridized carbons (Fsp3) is 0.652. The van der Waals surface area contributed by atoms with E-state index in [4.69, 9.17) is 4.74 Å². The lowest BCUT2D eigenvalue weighted by Crippen LogP contribution is -2.41. The fourth-order valence-electron chi connectivity index (χ4n) is 4.97. The maximum absolute atomic E-state index is 12.7. The van der Waals surface area contributed by atoms with Gasteiger partial charge in [0.05, 0.1) is 7.11 Å². The second-order valence-electron chi connectivity index (χ2n) is 8.90. The second-order valence-corrected chi connectivity index (χ2v) is 8.90. The van der Waals surface area contributed by atoms with Gasteiger partial charge in [0.1, 0.15) is 5.75 Å². The van der Waals surface area contributed by atoms with E-state index in [9.17, 15) is 9.59 Å². The number of nitrogens with one attached hydrogen (secondary N) is 1. The van der Waals surface area contributed by atoms with Crippen LogP contribution in [0.15, 0.2) is 24.3 Å². The minimum Gasteiger partial charge on any atom is -0.497 e. The van der Waals surface area contributed by atoms with Crippen LogP contribution in [0.2, 0.25) is 0 Å². The number of carbonyl (C=O) groups is 2. The van der Waals surface area contributed by atoms with Crippen molar-refractivity contribution in [1.82, 2.24) is 10.2 Å². The van der Waals surface area contributed by atoms with Gasteiger partial charge in [-0.3, -0.25) is 9.59 Å². The predicted molar refractivity (Wildman–Crippen MR) is 108 cm³/mol. The van der Waals surface area contributed by atoms with Crippen molar-refractivity contribution >= 4 is 11.8 Å². The first-order chi connectivity index (χ1) is 13.6. The van der Waals surface area contributed by atoms with Gasteiger partial charge in [0.25, 0.3) is 0 Å². The van der Waals surface area contributed by atoms with Gasteiger partial charge in [0.15, 0.2) is 0 Å². The molecule has 1 spiro atoms. The summed E-state index contributed by atoms with van der Waals surface area (Å²) in [4.78, 5) is 27.0. The molecule has 5 nitrogen and oxygen atoms in total. The van der Waals surface area contributed by atoms with Gasteiger partial charge < -0.3 is 15.0 Å². The number of nitrogens with zero attached hydrogens (tertiary/aromatic N) is 1. The third kappa shape index (κ3) is 4.18. The van der Waals surface area contributed by atoms with Crippen molar-refractivity contribution in [2.45, 2.75) is 51.4 Å². The average molecular weight is 385 g/mol. The van der Waals surface area contributed by atoms with Crippen LogP contribution in [0.3, 0.4) is 0 Å². The minimum absolute atomic E-state index is 0.128. The molecule has 3 fully saturated rings. The lowest BCUT2D eigenvalue weighted by Gasteiger charge is -2.34. The number of piperidine rings is 1. The van der Waals surface area contributed by atoms with Crippen LogP contribution >= 0.6 is 0 Å². The summed E-state index contributed by atoms with van der Waals surface area (Å²) in [7, 11) is 1.66. The first kappa shape index (κ1) is 19.3. The fourth-order valence-corrected chi connectivity index (χ4v) is 4.97. The van der Waals surface area contributed by atoms with Gasteiger partial charge in [-0.2, -0.15) is 0 Å². The van der Waals surface area contributed by atoms with Crippen molar-refractivity contribution in [2.75, 3.05) is 26.7 Å². The molecular formula is C23H32N2O3. The summed E-state index contributed by atoms with van der Waals surface area (Å²) in [6, 6.07) is 7.95. The summed E-state index contributed by atoms with van der Waals surface area (Å²) in [6.45, 7) is 2.30. The van der Waals surface area contributed by atoms with Gasteiger partial charge in [0.2, 0.25) is 11.8 Å². The molecule has 1 heterocycles. The Morgan fingerprint density at radius 2 is 2.04 bits per heavy atom. The zero-order valence-corrected chi connectivity index (χ0v) is 16.9. The van der Waals surface area contributed by atoms with Crippen LogP contribution in [0.25, 0.3) is 0 Å². The molecule has 2 amide bonds. The highest BCUT2D eigenvalue weighted by molar-refractivity contribution is 5.83. The Hall–Kier alpha value is -2.04. The Morgan fingerprint density at radius 3 is 2.68 bits per heavy atom. The average Bonchev–Trinajstić information content (AvgIpc) is 3.45. The smallest absolute Gasteiger partial charge is 0.226 e. The number of likely N-dealkylation sites (tertiary alicyclic amines) is 1. The van der Waals surface area contributed by atoms with Crippen molar-refractivity contribution in [3.63, 3.8) is 0 Å². The van der Waals surface area contributed by atoms with Crippen LogP contribution in [-0.2, 0) is 16.0 Å². The number of amides is 2. The Morgan fingerprint density at radius 1 is 1.25 bits per heavy atom. The molecule has 5 heteroatoms. The third-order valence-electron chi connectivity index (χ3n) is 7.11. The summed E-state index contributed by atoms with van der Waals surface area (Å²) in [5.41, 5.74) is 1.58. The molecule has 1 atom stereocenters. The lowest BCUT2D eigenvalue weighted by molar-refractivity contribution is -0.135. The second kappa shape index (κ2) is 8.14. The zero-order chi connectivity index (χ0) is 19.6. The molecular weight excluding hydrogens is 352 g/mol. The molecule has 1 aromatic carbocycles. The number of benzene rings is 1. The highest BCUT2D eigenvalue weighted by Crippen LogP contribution is 2.66. The van der Waals surface area contributed by atoms with E-state index >= 15 is 0 Å². The molecule has 0 aromatic heterocycles. The molecule has 1 saturated heterocycles. The quantitative estimate of drug-likeness (QED) is 0.786. The molecule has 1 N–H and O–H groups in total. The Labute approximate surface area is 167 Å². The molecule has 4 rings (SSSR count). The topological polar surface area (TPSA) is 58.6 Å². The van der Waals surface area contributed by atoms with Crippen molar-refractivity contribution < 1.29 is 14.3 Å².